The number of carbonyl (C=O) groups excluding carboxylic acids is 2. The van der Waals surface area contributed by atoms with E-state index in [1.165, 1.54) is 17.0 Å². The van der Waals surface area contributed by atoms with Crippen LogP contribution in [0.4, 0.5) is 29.5 Å². The van der Waals surface area contributed by atoms with Gasteiger partial charge in [0.2, 0.25) is 5.91 Å². The Morgan fingerprint density at radius 3 is 2.24 bits per heavy atom. The lowest BCUT2D eigenvalue weighted by molar-refractivity contribution is -0.137. The molecule has 0 aliphatic rings. The smallest absolute Gasteiger partial charge is 0.315 e. The van der Waals surface area contributed by atoms with Crippen molar-refractivity contribution in [3.63, 3.8) is 0 Å². The predicted octanol–water partition coefficient (Wildman–Crippen LogP) is 7.30. The average molecular weight is 564 g/mol. The molecule has 7 nitrogen and oxygen atoms in total. The second-order valence-electron chi connectivity index (χ2n) is 10.3. The summed E-state index contributed by atoms with van der Waals surface area (Å²) < 4.78 is 41.1. The Bertz CT molecular complexity index is 1510. The molecule has 0 aliphatic carbocycles. The first-order valence-corrected chi connectivity index (χ1v) is 13.2. The Morgan fingerprint density at radius 2 is 1.61 bits per heavy atom. The second-order valence-corrected chi connectivity index (χ2v) is 10.3. The number of nitrogens with zero attached hydrogens (tertiary/aromatic N) is 3. The number of hydrogen-bond donors (Lipinski definition) is 2. The third-order valence-electron chi connectivity index (χ3n) is 6.31. The van der Waals surface area contributed by atoms with Crippen molar-refractivity contribution in [1.82, 2.24) is 14.7 Å². The highest BCUT2D eigenvalue weighted by Gasteiger charge is 2.31. The molecule has 10 heteroatoms. The minimum absolute atomic E-state index is 0.00438. The zero-order valence-electron chi connectivity index (χ0n) is 23.3. The summed E-state index contributed by atoms with van der Waals surface area (Å²) in [5.41, 5.74) is 3.23. The van der Waals surface area contributed by atoms with Gasteiger partial charge in [-0.2, -0.15) is 18.3 Å². The molecule has 1 heterocycles. The molecule has 0 unspecified atom stereocenters. The fourth-order valence-electron chi connectivity index (χ4n) is 4.45. The van der Waals surface area contributed by atoms with Crippen LogP contribution in [0.5, 0.6) is 0 Å². The number of amides is 3. The number of halogens is 3. The molecule has 4 rings (SSSR count). The Labute approximate surface area is 237 Å². The van der Waals surface area contributed by atoms with Gasteiger partial charge in [-0.3, -0.25) is 4.79 Å². The molecule has 3 aromatic carbocycles. The summed E-state index contributed by atoms with van der Waals surface area (Å²) in [7, 11) is 0. The monoisotopic (exact) mass is 563 g/mol. The molecule has 0 fully saturated rings. The average Bonchev–Trinajstić information content (AvgIpc) is 3.23. The van der Waals surface area contributed by atoms with E-state index in [1.54, 1.807) is 4.68 Å². The van der Waals surface area contributed by atoms with E-state index in [2.05, 4.69) is 10.6 Å². The minimum Gasteiger partial charge on any atom is -0.315 e. The van der Waals surface area contributed by atoms with Crippen molar-refractivity contribution >= 4 is 23.4 Å². The Morgan fingerprint density at radius 1 is 0.927 bits per heavy atom. The first-order chi connectivity index (χ1) is 19.4. The van der Waals surface area contributed by atoms with Gasteiger partial charge in [-0.05, 0) is 55.7 Å². The van der Waals surface area contributed by atoms with Gasteiger partial charge in [0.25, 0.3) is 0 Å². The third-order valence-corrected chi connectivity index (χ3v) is 6.31. The van der Waals surface area contributed by atoms with Crippen molar-refractivity contribution < 1.29 is 22.8 Å². The van der Waals surface area contributed by atoms with Crippen LogP contribution in [-0.2, 0) is 11.0 Å². The van der Waals surface area contributed by atoms with Gasteiger partial charge in [0.15, 0.2) is 0 Å². The molecule has 0 spiro atoms. The van der Waals surface area contributed by atoms with Crippen LogP contribution < -0.4 is 10.6 Å². The van der Waals surface area contributed by atoms with E-state index in [4.69, 9.17) is 5.10 Å². The van der Waals surface area contributed by atoms with Crippen molar-refractivity contribution in [2.75, 3.05) is 23.7 Å². The highest BCUT2D eigenvalue weighted by atomic mass is 19.4. The van der Waals surface area contributed by atoms with Crippen LogP contribution >= 0.6 is 0 Å². The van der Waals surface area contributed by atoms with E-state index in [1.807, 2.05) is 82.3 Å². The van der Waals surface area contributed by atoms with Gasteiger partial charge in [0, 0.05) is 17.8 Å². The number of alkyl halides is 3. The standard InChI is InChI=1S/C31H32F3N5O2/c1-20(2)18-38(30(41)35-25-12-8-11-24(17-25)31(32,33)34)19-27(40)36-29-28(23-9-6-5-7-10-23)22(4)37-39(29)26-15-13-21(3)14-16-26/h5-17,20H,18-19H2,1-4H3,(H,35,41)(H,36,40). The lowest BCUT2D eigenvalue weighted by atomic mass is 10.1. The van der Waals surface area contributed by atoms with Crippen LogP contribution in [0.15, 0.2) is 78.9 Å². The fourth-order valence-corrected chi connectivity index (χ4v) is 4.45. The van der Waals surface area contributed by atoms with Crippen LogP contribution in [0, 0.1) is 19.8 Å². The van der Waals surface area contributed by atoms with Crippen molar-refractivity contribution in [1.29, 1.82) is 0 Å². The lowest BCUT2D eigenvalue weighted by Crippen LogP contribution is -2.42. The molecular formula is C31H32F3N5O2. The number of rotatable bonds is 8. The minimum atomic E-state index is -4.55. The molecule has 41 heavy (non-hydrogen) atoms. The molecule has 2 N–H and O–H groups in total. The number of aryl methyl sites for hydroxylation is 2. The molecule has 0 atom stereocenters. The maximum atomic E-state index is 13.5. The summed E-state index contributed by atoms with van der Waals surface area (Å²) in [5.74, 6) is -0.0316. The van der Waals surface area contributed by atoms with Crippen LogP contribution in [0.3, 0.4) is 0 Å². The van der Waals surface area contributed by atoms with Gasteiger partial charge in [0.1, 0.15) is 12.4 Å². The van der Waals surface area contributed by atoms with Gasteiger partial charge in [0.05, 0.1) is 16.9 Å². The molecule has 0 bridgehead atoms. The second kappa shape index (κ2) is 12.3. The highest BCUT2D eigenvalue weighted by molar-refractivity contribution is 5.99. The summed E-state index contributed by atoms with van der Waals surface area (Å²) >= 11 is 0. The number of carbonyl (C=O) groups is 2. The van der Waals surface area contributed by atoms with Gasteiger partial charge >= 0.3 is 12.2 Å². The van der Waals surface area contributed by atoms with E-state index in [0.717, 1.165) is 34.5 Å². The largest absolute Gasteiger partial charge is 0.416 e. The van der Waals surface area contributed by atoms with Gasteiger partial charge < -0.3 is 15.5 Å². The van der Waals surface area contributed by atoms with Crippen LogP contribution in [0.2, 0.25) is 0 Å². The van der Waals surface area contributed by atoms with Crippen LogP contribution in [0.25, 0.3) is 16.8 Å². The topological polar surface area (TPSA) is 79.3 Å². The lowest BCUT2D eigenvalue weighted by Gasteiger charge is -2.25. The summed E-state index contributed by atoms with van der Waals surface area (Å²) in [4.78, 5) is 27.9. The number of urea groups is 1. The predicted molar refractivity (Wildman–Crippen MR) is 154 cm³/mol. The van der Waals surface area contributed by atoms with Crippen molar-refractivity contribution in [3.05, 3.63) is 95.7 Å². The van der Waals surface area contributed by atoms with E-state index in [0.29, 0.717) is 11.5 Å². The SMILES string of the molecule is Cc1ccc(-n2nc(C)c(-c3ccccc3)c2NC(=O)CN(CC(C)C)C(=O)Nc2cccc(C(F)(F)F)c2)cc1. The zero-order valence-corrected chi connectivity index (χ0v) is 23.3. The summed E-state index contributed by atoms with van der Waals surface area (Å²) in [5, 5.41) is 10.2. The number of benzene rings is 3. The third kappa shape index (κ3) is 7.33. The summed E-state index contributed by atoms with van der Waals surface area (Å²) in [6.45, 7) is 7.48. The Balaban J connectivity index is 1.62. The van der Waals surface area contributed by atoms with Gasteiger partial charge in [-0.1, -0.05) is 67.9 Å². The Kier molecular flexibility index (Phi) is 8.80. The van der Waals surface area contributed by atoms with Crippen LogP contribution in [0.1, 0.15) is 30.7 Å². The van der Waals surface area contributed by atoms with Crippen LogP contribution in [-0.4, -0.2) is 39.7 Å². The fraction of sp³-hybridized carbons (Fsp3) is 0.258. The van der Waals surface area contributed by atoms with E-state index < -0.39 is 23.7 Å². The summed E-state index contributed by atoms with van der Waals surface area (Å²) in [6, 6.07) is 20.9. The molecule has 4 aromatic rings. The maximum absolute atomic E-state index is 13.5. The van der Waals surface area contributed by atoms with E-state index in [9.17, 15) is 22.8 Å². The molecule has 1 aromatic heterocycles. The molecule has 0 aliphatic heterocycles. The quantitative estimate of drug-likeness (QED) is 0.236. The van der Waals surface area contributed by atoms with E-state index in [-0.39, 0.29) is 24.7 Å². The number of aromatic nitrogens is 2. The number of anilines is 2. The molecule has 3 amide bonds. The van der Waals surface area contributed by atoms with Gasteiger partial charge in [-0.25, -0.2) is 9.48 Å². The Hall–Kier alpha value is -4.60. The molecular weight excluding hydrogens is 531 g/mol. The molecule has 0 radical (unpaired) electrons. The zero-order chi connectivity index (χ0) is 29.7. The first kappa shape index (κ1) is 29.4. The van der Waals surface area contributed by atoms with Crippen molar-refractivity contribution in [2.24, 2.45) is 5.92 Å². The maximum Gasteiger partial charge on any atom is 0.416 e. The highest BCUT2D eigenvalue weighted by Crippen LogP contribution is 2.34. The summed E-state index contributed by atoms with van der Waals surface area (Å²) in [6.07, 6.45) is -4.55. The number of nitrogens with one attached hydrogen (secondary N) is 2. The molecule has 0 saturated heterocycles. The number of hydrogen-bond acceptors (Lipinski definition) is 3. The molecule has 0 saturated carbocycles. The first-order valence-electron chi connectivity index (χ1n) is 13.2. The van der Waals surface area contributed by atoms with Gasteiger partial charge in [-0.15, -0.1) is 0 Å². The van der Waals surface area contributed by atoms with E-state index >= 15 is 0 Å². The van der Waals surface area contributed by atoms with Crippen molar-refractivity contribution in [3.8, 4) is 16.8 Å². The molecule has 214 valence electrons. The van der Waals surface area contributed by atoms with Crippen molar-refractivity contribution in [2.45, 2.75) is 33.9 Å². The normalized spacial score (nSPS) is 11.4.